The number of rotatable bonds is 3. The molecule has 6 heteroatoms. The van der Waals surface area contributed by atoms with Crippen molar-refractivity contribution in [2.75, 3.05) is 0 Å². The van der Waals surface area contributed by atoms with Gasteiger partial charge in [-0.05, 0) is 24.3 Å². The van der Waals surface area contributed by atoms with Crippen LogP contribution in [0.5, 0.6) is 11.5 Å². The maximum absolute atomic E-state index is 13.0. The highest BCUT2D eigenvalue weighted by Gasteiger charge is 2.09. The lowest BCUT2D eigenvalue weighted by Gasteiger charge is -2.09. The first-order valence-electron chi connectivity index (χ1n) is 4.95. The van der Waals surface area contributed by atoms with Crippen LogP contribution in [0.25, 0.3) is 0 Å². The third-order valence-electron chi connectivity index (χ3n) is 2.12. The number of nitrogens with zero attached hydrogens (tertiary/aromatic N) is 1. The number of nitrogens with two attached hydrogens (primary N) is 1. The van der Waals surface area contributed by atoms with Gasteiger partial charge in [0.25, 0.3) is 0 Å². The number of pyridine rings is 1. The first-order chi connectivity index (χ1) is 8.58. The lowest BCUT2D eigenvalue weighted by Crippen LogP contribution is -2.12. The molecule has 0 saturated heterocycles. The fourth-order valence-electron chi connectivity index (χ4n) is 1.33. The van der Waals surface area contributed by atoms with Gasteiger partial charge in [0.2, 0.25) is 0 Å². The van der Waals surface area contributed by atoms with Gasteiger partial charge in [0.15, 0.2) is 5.75 Å². The first kappa shape index (κ1) is 12.7. The van der Waals surface area contributed by atoms with Crippen molar-refractivity contribution in [1.29, 1.82) is 0 Å². The molecule has 0 aliphatic rings. The van der Waals surface area contributed by atoms with E-state index in [0.29, 0.717) is 17.2 Å². The molecule has 0 spiro atoms. The standard InChI is InChI=1S/C12H8ClFN2OS/c13-8-6-7(3-4-9(8)14)17-10-2-1-5-16-11(10)12(15)18/h1-6H,(H2,15,18). The molecule has 0 aliphatic heterocycles. The fourth-order valence-corrected chi connectivity index (χ4v) is 1.65. The topological polar surface area (TPSA) is 48.1 Å². The van der Waals surface area contributed by atoms with Gasteiger partial charge in [0, 0.05) is 12.3 Å². The van der Waals surface area contributed by atoms with Crippen LogP contribution in [0.4, 0.5) is 4.39 Å². The number of hydrogen-bond acceptors (Lipinski definition) is 3. The van der Waals surface area contributed by atoms with Crippen LogP contribution < -0.4 is 10.5 Å². The van der Waals surface area contributed by atoms with Gasteiger partial charge in [-0.15, -0.1) is 0 Å². The van der Waals surface area contributed by atoms with Gasteiger partial charge in [-0.25, -0.2) is 9.37 Å². The van der Waals surface area contributed by atoms with Gasteiger partial charge in [-0.2, -0.15) is 0 Å². The van der Waals surface area contributed by atoms with Gasteiger partial charge in [-0.3, -0.25) is 0 Å². The van der Waals surface area contributed by atoms with Crippen molar-refractivity contribution in [3.63, 3.8) is 0 Å². The zero-order chi connectivity index (χ0) is 13.1. The Morgan fingerprint density at radius 2 is 2.17 bits per heavy atom. The lowest BCUT2D eigenvalue weighted by molar-refractivity contribution is 0.477. The molecule has 0 unspecified atom stereocenters. The second-order valence-corrected chi connectivity index (χ2v) is 4.24. The Hall–Kier alpha value is -1.72. The summed E-state index contributed by atoms with van der Waals surface area (Å²) in [6, 6.07) is 7.39. The molecule has 0 saturated carbocycles. The summed E-state index contributed by atoms with van der Waals surface area (Å²) in [4.78, 5) is 4.14. The SMILES string of the molecule is NC(=S)c1ncccc1Oc1ccc(F)c(Cl)c1. The van der Waals surface area contributed by atoms with Crippen LogP contribution >= 0.6 is 23.8 Å². The summed E-state index contributed by atoms with van der Waals surface area (Å²) in [5.41, 5.74) is 5.89. The molecule has 2 N–H and O–H groups in total. The van der Waals surface area contributed by atoms with Crippen molar-refractivity contribution in [1.82, 2.24) is 4.98 Å². The van der Waals surface area contributed by atoms with Crippen molar-refractivity contribution >= 4 is 28.8 Å². The Bertz CT molecular complexity index is 606. The molecule has 1 aromatic heterocycles. The zero-order valence-electron chi connectivity index (χ0n) is 9.06. The summed E-state index contributed by atoms with van der Waals surface area (Å²) < 4.78 is 18.5. The predicted octanol–water partition coefficient (Wildman–Crippen LogP) is 3.30. The summed E-state index contributed by atoms with van der Waals surface area (Å²) in [5, 5.41) is -0.0201. The molecule has 92 valence electrons. The van der Waals surface area contributed by atoms with E-state index in [1.165, 1.54) is 18.2 Å². The quantitative estimate of drug-likeness (QED) is 0.878. The number of thiocarbonyl (C=S) groups is 1. The van der Waals surface area contributed by atoms with Gasteiger partial charge in [0.05, 0.1) is 5.02 Å². The van der Waals surface area contributed by atoms with E-state index in [-0.39, 0.29) is 10.0 Å². The van der Waals surface area contributed by atoms with Crippen molar-refractivity contribution in [3.05, 3.63) is 53.1 Å². The van der Waals surface area contributed by atoms with E-state index in [4.69, 9.17) is 34.3 Å². The molecule has 0 bridgehead atoms. The van der Waals surface area contributed by atoms with E-state index in [1.807, 2.05) is 0 Å². The van der Waals surface area contributed by atoms with Gasteiger partial charge >= 0.3 is 0 Å². The van der Waals surface area contributed by atoms with Crippen molar-refractivity contribution in [2.45, 2.75) is 0 Å². The molecule has 1 aromatic carbocycles. The zero-order valence-corrected chi connectivity index (χ0v) is 10.6. The fraction of sp³-hybridized carbons (Fsp3) is 0. The largest absolute Gasteiger partial charge is 0.455 e. The molecule has 3 nitrogen and oxygen atoms in total. The molecule has 2 rings (SSSR count). The number of halogens is 2. The number of ether oxygens (including phenoxy) is 1. The van der Waals surface area contributed by atoms with E-state index < -0.39 is 5.82 Å². The Morgan fingerprint density at radius 1 is 1.39 bits per heavy atom. The number of hydrogen-bond donors (Lipinski definition) is 1. The van der Waals surface area contributed by atoms with Gasteiger partial charge in [0.1, 0.15) is 22.2 Å². The first-order valence-corrected chi connectivity index (χ1v) is 5.74. The van der Waals surface area contributed by atoms with Crippen LogP contribution in [0, 0.1) is 5.82 Å². The second kappa shape index (κ2) is 5.29. The maximum Gasteiger partial charge on any atom is 0.156 e. The summed E-state index contributed by atoms with van der Waals surface area (Å²) in [7, 11) is 0. The van der Waals surface area contributed by atoms with E-state index in [9.17, 15) is 4.39 Å². The van der Waals surface area contributed by atoms with Crippen LogP contribution in [0.3, 0.4) is 0 Å². The van der Waals surface area contributed by atoms with E-state index in [1.54, 1.807) is 18.3 Å². The van der Waals surface area contributed by atoms with Crippen LogP contribution in [-0.4, -0.2) is 9.97 Å². The highest BCUT2D eigenvalue weighted by Crippen LogP contribution is 2.27. The lowest BCUT2D eigenvalue weighted by atomic mass is 10.3. The van der Waals surface area contributed by atoms with Crippen LogP contribution in [0.1, 0.15) is 5.69 Å². The van der Waals surface area contributed by atoms with E-state index in [0.717, 1.165) is 0 Å². The van der Waals surface area contributed by atoms with Crippen LogP contribution in [-0.2, 0) is 0 Å². The molecular weight excluding hydrogens is 275 g/mol. The molecule has 18 heavy (non-hydrogen) atoms. The molecule has 0 amide bonds. The monoisotopic (exact) mass is 282 g/mol. The highest BCUT2D eigenvalue weighted by molar-refractivity contribution is 7.80. The third kappa shape index (κ3) is 2.75. The van der Waals surface area contributed by atoms with Gasteiger partial charge in [-0.1, -0.05) is 23.8 Å². The summed E-state index contributed by atoms with van der Waals surface area (Å²) in [6.45, 7) is 0. The summed E-state index contributed by atoms with van der Waals surface area (Å²) in [5.74, 6) is 0.268. The number of aromatic nitrogens is 1. The Labute approximate surface area is 113 Å². The minimum atomic E-state index is -0.509. The predicted molar refractivity (Wildman–Crippen MR) is 71.6 cm³/mol. The molecule has 0 aliphatic carbocycles. The van der Waals surface area contributed by atoms with E-state index in [2.05, 4.69) is 4.98 Å². The van der Waals surface area contributed by atoms with Gasteiger partial charge < -0.3 is 10.5 Å². The molecule has 0 fully saturated rings. The second-order valence-electron chi connectivity index (χ2n) is 3.39. The molecule has 2 aromatic rings. The Morgan fingerprint density at radius 3 is 2.83 bits per heavy atom. The maximum atomic E-state index is 13.0. The van der Waals surface area contributed by atoms with Crippen molar-refractivity contribution < 1.29 is 9.13 Å². The summed E-state index contributed by atoms with van der Waals surface area (Å²) >= 11 is 10.5. The van der Waals surface area contributed by atoms with Crippen molar-refractivity contribution in [3.8, 4) is 11.5 Å². The average molecular weight is 283 g/mol. The number of benzene rings is 1. The third-order valence-corrected chi connectivity index (χ3v) is 2.61. The molecule has 1 heterocycles. The minimum absolute atomic E-state index is 0.0201. The molecular formula is C12H8ClFN2OS. The normalized spacial score (nSPS) is 10.1. The molecule has 0 radical (unpaired) electrons. The average Bonchev–Trinajstić information content (AvgIpc) is 2.34. The van der Waals surface area contributed by atoms with Crippen LogP contribution in [0.15, 0.2) is 36.5 Å². The van der Waals surface area contributed by atoms with E-state index >= 15 is 0 Å². The highest BCUT2D eigenvalue weighted by atomic mass is 35.5. The smallest absolute Gasteiger partial charge is 0.156 e. The van der Waals surface area contributed by atoms with Crippen LogP contribution in [0.2, 0.25) is 5.02 Å². The minimum Gasteiger partial charge on any atom is -0.455 e. The Balaban J connectivity index is 2.34. The molecule has 0 atom stereocenters. The van der Waals surface area contributed by atoms with Crippen molar-refractivity contribution in [2.24, 2.45) is 5.73 Å². The Kier molecular flexibility index (Phi) is 3.74. The summed E-state index contributed by atoms with van der Waals surface area (Å²) in [6.07, 6.45) is 1.55.